The number of benzene rings is 2. The van der Waals surface area contributed by atoms with Crippen molar-refractivity contribution in [2.24, 2.45) is 17.6 Å². The van der Waals surface area contributed by atoms with Crippen molar-refractivity contribution < 1.29 is 4.79 Å². The Hall–Kier alpha value is -1.91. The van der Waals surface area contributed by atoms with Crippen LogP contribution in [0.2, 0.25) is 0 Å². The Labute approximate surface area is 225 Å². The Kier molecular flexibility index (Phi) is 8.32. The molecule has 3 nitrogen and oxygen atoms in total. The van der Waals surface area contributed by atoms with E-state index in [1.54, 1.807) is 0 Å². The molecule has 2 aliphatic carbocycles. The standard InChI is InChI=1S/C32H41BrN2O/c1-22-7-5-10-25(17-22)29(19-27(36)18-23-13-15-26(34)16-14-23)30-21-35(20-24-8-3-2-4-9-24)32-28(30)11-6-12-31(32)33/h5-7,10-12,17,21,23-24,26,29H,2-4,8-9,13-16,18-20,34H2,1H3. The molecule has 1 atom stereocenters. The molecule has 2 aliphatic rings. The van der Waals surface area contributed by atoms with Gasteiger partial charge in [-0.1, -0.05) is 61.2 Å². The van der Waals surface area contributed by atoms with Gasteiger partial charge in [0.05, 0.1) is 5.52 Å². The molecule has 0 saturated heterocycles. The molecule has 3 aromatic rings. The third kappa shape index (κ3) is 5.97. The largest absolute Gasteiger partial charge is 0.346 e. The number of nitrogens with two attached hydrogens (primary N) is 1. The first-order valence-electron chi connectivity index (χ1n) is 14.1. The van der Waals surface area contributed by atoms with E-state index < -0.39 is 0 Å². The molecule has 36 heavy (non-hydrogen) atoms. The maximum atomic E-state index is 13.5. The summed E-state index contributed by atoms with van der Waals surface area (Å²) in [5, 5.41) is 1.28. The van der Waals surface area contributed by atoms with Gasteiger partial charge >= 0.3 is 0 Å². The molecule has 2 aromatic carbocycles. The summed E-state index contributed by atoms with van der Waals surface area (Å²) in [6, 6.07) is 15.7. The smallest absolute Gasteiger partial charge is 0.134 e. The number of ketones is 1. The highest BCUT2D eigenvalue weighted by Gasteiger charge is 2.27. The minimum atomic E-state index is 0.0765. The van der Waals surface area contributed by atoms with Crippen LogP contribution in [0.3, 0.4) is 0 Å². The maximum Gasteiger partial charge on any atom is 0.134 e. The molecule has 0 bridgehead atoms. The van der Waals surface area contributed by atoms with Crippen LogP contribution in [0.1, 0.15) is 93.2 Å². The first kappa shape index (κ1) is 25.7. The average Bonchev–Trinajstić information content (AvgIpc) is 3.24. The minimum absolute atomic E-state index is 0.0765. The molecule has 2 saturated carbocycles. The number of rotatable bonds is 8. The highest BCUT2D eigenvalue weighted by atomic mass is 79.9. The van der Waals surface area contributed by atoms with E-state index >= 15 is 0 Å². The summed E-state index contributed by atoms with van der Waals surface area (Å²) in [5.74, 6) is 1.71. The number of para-hydroxylation sites is 1. The normalized spacial score (nSPS) is 22.1. The topological polar surface area (TPSA) is 48.0 Å². The van der Waals surface area contributed by atoms with E-state index in [1.165, 1.54) is 59.7 Å². The van der Waals surface area contributed by atoms with Crippen LogP contribution < -0.4 is 5.73 Å². The predicted octanol–water partition coefficient (Wildman–Crippen LogP) is 8.29. The lowest BCUT2D eigenvalue weighted by Gasteiger charge is -2.26. The van der Waals surface area contributed by atoms with Crippen LogP contribution >= 0.6 is 15.9 Å². The Bertz CT molecular complexity index is 1180. The second-order valence-electron chi connectivity index (χ2n) is 11.6. The fraction of sp³-hybridized carbons (Fsp3) is 0.531. The SMILES string of the molecule is Cc1cccc(C(CC(=O)CC2CCC(N)CC2)c2cn(CC3CCCCC3)c3c(Br)cccc23)c1. The molecule has 0 spiro atoms. The molecule has 2 fully saturated rings. The second kappa shape index (κ2) is 11.6. The Morgan fingerprint density at radius 3 is 2.50 bits per heavy atom. The summed E-state index contributed by atoms with van der Waals surface area (Å²) >= 11 is 3.87. The lowest BCUT2D eigenvalue weighted by atomic mass is 9.80. The minimum Gasteiger partial charge on any atom is -0.346 e. The van der Waals surface area contributed by atoms with Crippen LogP contribution in [0.4, 0.5) is 0 Å². The van der Waals surface area contributed by atoms with Crippen LogP contribution in [0.15, 0.2) is 53.1 Å². The van der Waals surface area contributed by atoms with E-state index in [4.69, 9.17) is 5.73 Å². The predicted molar refractivity (Wildman–Crippen MR) is 153 cm³/mol. The first-order valence-corrected chi connectivity index (χ1v) is 14.9. The van der Waals surface area contributed by atoms with Gasteiger partial charge in [0, 0.05) is 47.4 Å². The number of aryl methyl sites for hydroxylation is 1. The van der Waals surface area contributed by atoms with Gasteiger partial charge in [0.25, 0.3) is 0 Å². The second-order valence-corrected chi connectivity index (χ2v) is 12.4. The zero-order valence-corrected chi connectivity index (χ0v) is 23.3. The van der Waals surface area contributed by atoms with E-state index in [1.807, 2.05) is 0 Å². The monoisotopic (exact) mass is 548 g/mol. The molecule has 2 N–H and O–H groups in total. The number of carbonyl (C=O) groups excluding carboxylic acids is 1. The zero-order chi connectivity index (χ0) is 25.1. The van der Waals surface area contributed by atoms with Crippen molar-refractivity contribution in [2.75, 3.05) is 0 Å². The summed E-state index contributed by atoms with van der Waals surface area (Å²) in [4.78, 5) is 13.5. The summed E-state index contributed by atoms with van der Waals surface area (Å²) < 4.78 is 3.63. The summed E-state index contributed by atoms with van der Waals surface area (Å²) in [5.41, 5.74) is 11.2. The van der Waals surface area contributed by atoms with Gasteiger partial charge in [-0.15, -0.1) is 0 Å². The molecule has 5 rings (SSSR count). The lowest BCUT2D eigenvalue weighted by molar-refractivity contribution is -0.120. The first-order chi connectivity index (χ1) is 17.5. The average molecular weight is 550 g/mol. The van der Waals surface area contributed by atoms with Gasteiger partial charge in [0.2, 0.25) is 0 Å². The van der Waals surface area contributed by atoms with Crippen molar-refractivity contribution in [3.63, 3.8) is 0 Å². The number of carbonyl (C=O) groups is 1. The van der Waals surface area contributed by atoms with Crippen LogP contribution in [-0.4, -0.2) is 16.4 Å². The fourth-order valence-corrected chi connectivity index (χ4v) is 7.33. The molecule has 0 radical (unpaired) electrons. The number of halogens is 1. The van der Waals surface area contributed by atoms with Gasteiger partial charge in [-0.25, -0.2) is 0 Å². The molecule has 1 aromatic heterocycles. The third-order valence-electron chi connectivity index (χ3n) is 8.72. The number of fused-ring (bicyclic) bond motifs is 1. The van der Waals surface area contributed by atoms with Crippen molar-refractivity contribution in [1.29, 1.82) is 0 Å². The van der Waals surface area contributed by atoms with Gasteiger partial charge in [0.1, 0.15) is 5.78 Å². The summed E-state index contributed by atoms with van der Waals surface area (Å²) in [7, 11) is 0. The van der Waals surface area contributed by atoms with Gasteiger partial charge in [-0.2, -0.15) is 0 Å². The molecule has 192 valence electrons. The number of nitrogens with zero attached hydrogens (tertiary/aromatic N) is 1. The van der Waals surface area contributed by atoms with Gasteiger partial charge < -0.3 is 10.3 Å². The van der Waals surface area contributed by atoms with Crippen LogP contribution in [-0.2, 0) is 11.3 Å². The number of hydrogen-bond donors (Lipinski definition) is 1. The van der Waals surface area contributed by atoms with Crippen molar-refractivity contribution >= 4 is 32.6 Å². The molecule has 1 heterocycles. The highest BCUT2D eigenvalue weighted by Crippen LogP contribution is 2.39. The van der Waals surface area contributed by atoms with Gasteiger partial charge in [0.15, 0.2) is 0 Å². The fourth-order valence-electron chi connectivity index (χ4n) is 6.73. The van der Waals surface area contributed by atoms with Crippen molar-refractivity contribution in [3.05, 3.63) is 69.8 Å². The van der Waals surface area contributed by atoms with E-state index in [2.05, 4.69) is 76.1 Å². The summed E-state index contributed by atoms with van der Waals surface area (Å²) in [6.07, 6.45) is 14.7. The molecular formula is C32H41BrN2O. The molecule has 4 heteroatoms. The van der Waals surface area contributed by atoms with E-state index in [0.29, 0.717) is 30.6 Å². The Morgan fingerprint density at radius 2 is 1.75 bits per heavy atom. The van der Waals surface area contributed by atoms with Gasteiger partial charge in [-0.3, -0.25) is 4.79 Å². The van der Waals surface area contributed by atoms with E-state index in [-0.39, 0.29) is 5.92 Å². The third-order valence-corrected chi connectivity index (χ3v) is 9.36. The zero-order valence-electron chi connectivity index (χ0n) is 21.7. The number of hydrogen-bond acceptors (Lipinski definition) is 2. The molecular weight excluding hydrogens is 508 g/mol. The van der Waals surface area contributed by atoms with Crippen LogP contribution in [0, 0.1) is 18.8 Å². The van der Waals surface area contributed by atoms with Crippen molar-refractivity contribution in [2.45, 2.75) is 96.1 Å². The maximum absolute atomic E-state index is 13.5. The highest BCUT2D eigenvalue weighted by molar-refractivity contribution is 9.10. The molecule has 0 aliphatic heterocycles. The number of aromatic nitrogens is 1. The van der Waals surface area contributed by atoms with Crippen molar-refractivity contribution in [1.82, 2.24) is 4.57 Å². The molecule has 0 amide bonds. The lowest BCUT2D eigenvalue weighted by Crippen LogP contribution is -2.27. The summed E-state index contributed by atoms with van der Waals surface area (Å²) in [6.45, 7) is 3.21. The molecule has 1 unspecified atom stereocenters. The van der Waals surface area contributed by atoms with Gasteiger partial charge in [-0.05, 0) is 90.4 Å². The van der Waals surface area contributed by atoms with Crippen LogP contribution in [0.5, 0.6) is 0 Å². The van der Waals surface area contributed by atoms with E-state index in [9.17, 15) is 4.79 Å². The van der Waals surface area contributed by atoms with Crippen molar-refractivity contribution in [3.8, 4) is 0 Å². The Morgan fingerprint density at radius 1 is 1.00 bits per heavy atom. The quantitative estimate of drug-likeness (QED) is 0.307. The van der Waals surface area contributed by atoms with E-state index in [0.717, 1.165) is 42.6 Å². The van der Waals surface area contributed by atoms with Crippen LogP contribution in [0.25, 0.3) is 10.9 Å². The Balaban J connectivity index is 1.48. The number of Topliss-reactive ketones (excluding diaryl/α,β-unsaturated/α-hetero) is 1.